The SMILES string of the molecule is Nc1ccccc1S[C@@]1(O)O[C@@H](CO)[C@@H](O)[C@@H](O)[C@H]1O. The fourth-order valence-corrected chi connectivity index (χ4v) is 3.02. The van der Waals surface area contributed by atoms with Crippen LogP contribution in [0.4, 0.5) is 5.69 Å². The third-order valence-corrected chi connectivity index (χ3v) is 4.33. The predicted octanol–water partition coefficient (Wildman–Crippen LogP) is -1.52. The van der Waals surface area contributed by atoms with Crippen molar-refractivity contribution in [3.63, 3.8) is 0 Å². The van der Waals surface area contributed by atoms with Crippen LogP contribution < -0.4 is 5.73 Å². The van der Waals surface area contributed by atoms with Crippen molar-refractivity contribution < 1.29 is 30.3 Å². The highest BCUT2D eigenvalue weighted by Gasteiger charge is 2.53. The fraction of sp³-hybridized carbons (Fsp3) is 0.500. The summed E-state index contributed by atoms with van der Waals surface area (Å²) in [5, 5.41) is 46.5. The van der Waals surface area contributed by atoms with Crippen molar-refractivity contribution in [3.8, 4) is 0 Å². The molecule has 0 spiro atoms. The number of benzene rings is 1. The highest BCUT2D eigenvalue weighted by Crippen LogP contribution is 2.42. The molecular weight excluding hydrogens is 286 g/mol. The van der Waals surface area contributed by atoms with Crippen LogP contribution in [0.2, 0.25) is 0 Å². The minimum Gasteiger partial charge on any atom is -0.398 e. The number of aliphatic hydroxyl groups excluding tert-OH is 4. The molecule has 1 aliphatic rings. The quantitative estimate of drug-likeness (QED) is 0.293. The lowest BCUT2D eigenvalue weighted by Gasteiger charge is -2.44. The van der Waals surface area contributed by atoms with E-state index in [4.69, 9.17) is 15.6 Å². The molecule has 1 saturated heterocycles. The van der Waals surface area contributed by atoms with Gasteiger partial charge < -0.3 is 36.0 Å². The van der Waals surface area contributed by atoms with Gasteiger partial charge in [0.05, 0.1) is 6.61 Å². The number of nitrogens with two attached hydrogens (primary N) is 1. The largest absolute Gasteiger partial charge is 0.398 e. The summed E-state index contributed by atoms with van der Waals surface area (Å²) in [6.45, 7) is -0.613. The van der Waals surface area contributed by atoms with E-state index in [1.807, 2.05) is 0 Å². The molecule has 7 N–H and O–H groups in total. The summed E-state index contributed by atoms with van der Waals surface area (Å²) in [6, 6.07) is 6.61. The average molecular weight is 303 g/mol. The van der Waals surface area contributed by atoms with Crippen LogP contribution >= 0.6 is 11.8 Å². The maximum atomic E-state index is 10.4. The summed E-state index contributed by atoms with van der Waals surface area (Å²) < 4.78 is 5.13. The Morgan fingerprint density at radius 1 is 1.20 bits per heavy atom. The van der Waals surface area contributed by atoms with Crippen molar-refractivity contribution in [2.75, 3.05) is 12.3 Å². The third kappa shape index (κ3) is 2.77. The van der Waals surface area contributed by atoms with Gasteiger partial charge in [0.1, 0.15) is 24.4 Å². The molecule has 0 unspecified atom stereocenters. The molecule has 0 aliphatic carbocycles. The number of hydrogen-bond donors (Lipinski definition) is 6. The van der Waals surface area contributed by atoms with Crippen LogP contribution in [0, 0.1) is 0 Å². The fourth-order valence-electron chi connectivity index (χ4n) is 1.94. The van der Waals surface area contributed by atoms with E-state index in [1.165, 1.54) is 0 Å². The molecule has 1 aromatic carbocycles. The maximum Gasteiger partial charge on any atom is 0.250 e. The number of rotatable bonds is 3. The minimum atomic E-state index is -2.22. The molecule has 1 heterocycles. The molecule has 1 aromatic rings. The standard InChI is InChI=1S/C12H17NO6S/c13-6-3-1-2-4-8(6)20-12(18)11(17)10(16)9(15)7(5-14)19-12/h1-4,7,9-11,14-18H,5,13H2/t7-,9+,10+,11+,12-/m0/s1. The lowest BCUT2D eigenvalue weighted by molar-refractivity contribution is -0.305. The van der Waals surface area contributed by atoms with E-state index in [9.17, 15) is 20.4 Å². The van der Waals surface area contributed by atoms with Crippen LogP contribution in [0.5, 0.6) is 0 Å². The van der Waals surface area contributed by atoms with Gasteiger partial charge in [-0.15, -0.1) is 0 Å². The number of thioether (sulfide) groups is 1. The molecule has 7 nitrogen and oxygen atoms in total. The zero-order chi connectivity index (χ0) is 14.9. The first-order valence-electron chi connectivity index (χ1n) is 5.98. The highest BCUT2D eigenvalue weighted by molar-refractivity contribution is 8.00. The third-order valence-electron chi connectivity index (χ3n) is 3.10. The Hall–Kier alpha value is -0.870. The molecular formula is C12H17NO6S. The lowest BCUT2D eigenvalue weighted by Crippen LogP contribution is -2.63. The molecule has 1 aliphatic heterocycles. The Kier molecular flexibility index (Phi) is 4.55. The van der Waals surface area contributed by atoms with E-state index in [0.717, 1.165) is 0 Å². The molecule has 20 heavy (non-hydrogen) atoms. The summed E-state index contributed by atoms with van der Waals surface area (Å²) in [5.74, 6) is 0. The second kappa shape index (κ2) is 5.86. The molecule has 0 amide bonds. The molecule has 8 heteroatoms. The van der Waals surface area contributed by atoms with Crippen molar-refractivity contribution in [2.45, 2.75) is 34.4 Å². The smallest absolute Gasteiger partial charge is 0.250 e. The van der Waals surface area contributed by atoms with E-state index in [1.54, 1.807) is 24.3 Å². The second-order valence-corrected chi connectivity index (χ2v) is 5.76. The predicted molar refractivity (Wildman–Crippen MR) is 71.6 cm³/mol. The normalized spacial score (nSPS) is 37.9. The first-order chi connectivity index (χ1) is 9.39. The molecule has 1 fully saturated rings. The molecule has 0 aromatic heterocycles. The number of para-hydroxylation sites is 1. The number of nitrogen functional groups attached to an aromatic ring is 1. The van der Waals surface area contributed by atoms with Gasteiger partial charge in [0.2, 0.25) is 0 Å². The van der Waals surface area contributed by atoms with Gasteiger partial charge >= 0.3 is 0 Å². The monoisotopic (exact) mass is 303 g/mol. The average Bonchev–Trinajstić information content (AvgIpc) is 2.43. The zero-order valence-electron chi connectivity index (χ0n) is 10.5. The van der Waals surface area contributed by atoms with Crippen LogP contribution in [0.25, 0.3) is 0 Å². The number of aliphatic hydroxyl groups is 5. The Bertz CT molecular complexity index is 473. The number of ether oxygens (including phenoxy) is 1. The molecule has 2 rings (SSSR count). The van der Waals surface area contributed by atoms with E-state index in [0.29, 0.717) is 22.3 Å². The Labute approximate surface area is 119 Å². The van der Waals surface area contributed by atoms with Gasteiger partial charge in [-0.05, 0) is 12.1 Å². The Morgan fingerprint density at radius 3 is 2.45 bits per heavy atom. The van der Waals surface area contributed by atoms with Crippen LogP contribution in [0.1, 0.15) is 0 Å². The van der Waals surface area contributed by atoms with Crippen molar-refractivity contribution in [3.05, 3.63) is 24.3 Å². The molecule has 0 bridgehead atoms. The summed E-state index contributed by atoms with van der Waals surface area (Å²) >= 11 is 0.703. The van der Waals surface area contributed by atoms with Crippen LogP contribution in [-0.2, 0) is 4.74 Å². The summed E-state index contributed by atoms with van der Waals surface area (Å²) in [4.78, 5) is 0.439. The van der Waals surface area contributed by atoms with Gasteiger partial charge in [-0.1, -0.05) is 23.9 Å². The summed E-state index contributed by atoms with van der Waals surface area (Å²) in [6.07, 6.45) is -6.12. The molecule has 0 saturated carbocycles. The van der Waals surface area contributed by atoms with Gasteiger partial charge in [-0.25, -0.2) is 0 Å². The maximum absolute atomic E-state index is 10.4. The minimum absolute atomic E-state index is 0.364. The molecule has 5 atom stereocenters. The van der Waals surface area contributed by atoms with Crippen molar-refractivity contribution in [1.82, 2.24) is 0 Å². The Morgan fingerprint density at radius 2 is 1.85 bits per heavy atom. The topological polar surface area (TPSA) is 136 Å². The van der Waals surface area contributed by atoms with Gasteiger partial charge in [-0.2, -0.15) is 0 Å². The molecule has 112 valence electrons. The zero-order valence-corrected chi connectivity index (χ0v) is 11.3. The number of hydrogen-bond acceptors (Lipinski definition) is 8. The second-order valence-electron chi connectivity index (χ2n) is 4.54. The first kappa shape index (κ1) is 15.5. The van der Waals surface area contributed by atoms with E-state index < -0.39 is 36.1 Å². The lowest BCUT2D eigenvalue weighted by atomic mass is 9.99. The van der Waals surface area contributed by atoms with E-state index in [-0.39, 0.29) is 0 Å². The van der Waals surface area contributed by atoms with Gasteiger partial charge in [0.25, 0.3) is 5.12 Å². The molecule has 0 radical (unpaired) electrons. The van der Waals surface area contributed by atoms with Crippen molar-refractivity contribution >= 4 is 17.4 Å². The summed E-state index contributed by atoms with van der Waals surface area (Å²) in [5.41, 5.74) is 6.10. The number of anilines is 1. The van der Waals surface area contributed by atoms with E-state index in [2.05, 4.69) is 0 Å². The Balaban J connectivity index is 2.26. The van der Waals surface area contributed by atoms with Crippen LogP contribution in [0.15, 0.2) is 29.2 Å². The summed E-state index contributed by atoms with van der Waals surface area (Å²) in [7, 11) is 0. The van der Waals surface area contributed by atoms with Crippen molar-refractivity contribution in [1.29, 1.82) is 0 Å². The van der Waals surface area contributed by atoms with Crippen LogP contribution in [0.3, 0.4) is 0 Å². The van der Waals surface area contributed by atoms with Gasteiger partial charge in [0.15, 0.2) is 0 Å². The van der Waals surface area contributed by atoms with Crippen molar-refractivity contribution in [2.24, 2.45) is 0 Å². The van der Waals surface area contributed by atoms with Gasteiger partial charge in [-0.3, -0.25) is 0 Å². The van der Waals surface area contributed by atoms with Gasteiger partial charge in [0, 0.05) is 10.6 Å². The highest BCUT2D eigenvalue weighted by atomic mass is 32.2. The van der Waals surface area contributed by atoms with E-state index >= 15 is 0 Å². The first-order valence-corrected chi connectivity index (χ1v) is 6.79. The van der Waals surface area contributed by atoms with Crippen LogP contribution in [-0.4, -0.2) is 61.7 Å².